The standard InChI is InChI=1S/C14H19NO6S/c16-6-11(17)8-22-9-12(13(18)19)15-14(20)21-7-10-4-2-1-3-5-10/h1-5,11-12,16-17H,6-9H2,(H,15,20)(H,18,19)/t11-,12?/m0/s1. The number of carbonyl (C=O) groups excluding carboxylic acids is 1. The number of benzene rings is 1. The van der Waals surface area contributed by atoms with Crippen LogP contribution in [0.5, 0.6) is 0 Å². The molecule has 0 aliphatic rings. The van der Waals surface area contributed by atoms with Gasteiger partial charge in [0.25, 0.3) is 0 Å². The number of thioether (sulfide) groups is 1. The van der Waals surface area contributed by atoms with Crippen LogP contribution in [0, 0.1) is 0 Å². The van der Waals surface area contributed by atoms with Crippen molar-refractivity contribution in [1.82, 2.24) is 5.32 Å². The van der Waals surface area contributed by atoms with E-state index in [4.69, 9.17) is 14.9 Å². The normalized spacial score (nSPS) is 13.2. The van der Waals surface area contributed by atoms with E-state index in [9.17, 15) is 14.7 Å². The fourth-order valence-corrected chi connectivity index (χ4v) is 2.43. The molecule has 1 aromatic rings. The summed E-state index contributed by atoms with van der Waals surface area (Å²) in [6.45, 7) is -0.341. The molecule has 0 fully saturated rings. The number of ether oxygens (including phenoxy) is 1. The summed E-state index contributed by atoms with van der Waals surface area (Å²) >= 11 is 1.12. The van der Waals surface area contributed by atoms with Gasteiger partial charge in [0, 0.05) is 11.5 Å². The third kappa shape index (κ3) is 7.30. The van der Waals surface area contributed by atoms with Crippen molar-refractivity contribution >= 4 is 23.8 Å². The number of carboxylic acid groups (broad SMARTS) is 1. The Hall–Kier alpha value is -1.77. The van der Waals surface area contributed by atoms with E-state index >= 15 is 0 Å². The van der Waals surface area contributed by atoms with Crippen molar-refractivity contribution in [3.8, 4) is 0 Å². The lowest BCUT2D eigenvalue weighted by Gasteiger charge is -2.15. The molecule has 1 amide bonds. The minimum absolute atomic E-state index is 0.0510. The molecule has 0 radical (unpaired) electrons. The second kappa shape index (κ2) is 10.0. The number of nitrogens with one attached hydrogen (secondary N) is 1. The quantitative estimate of drug-likeness (QED) is 0.520. The largest absolute Gasteiger partial charge is 0.480 e. The number of aliphatic hydroxyl groups excluding tert-OH is 2. The molecule has 0 saturated heterocycles. The molecule has 8 heteroatoms. The zero-order valence-corrected chi connectivity index (χ0v) is 12.7. The average Bonchev–Trinajstić information content (AvgIpc) is 2.52. The number of amides is 1. The van der Waals surface area contributed by atoms with E-state index in [0.717, 1.165) is 17.3 Å². The van der Waals surface area contributed by atoms with Crippen molar-refractivity contribution in [1.29, 1.82) is 0 Å². The smallest absolute Gasteiger partial charge is 0.408 e. The Balaban J connectivity index is 2.35. The Bertz CT molecular complexity index is 470. The summed E-state index contributed by atoms with van der Waals surface area (Å²) in [4.78, 5) is 22.6. The van der Waals surface area contributed by atoms with Gasteiger partial charge in [0.1, 0.15) is 12.6 Å². The van der Waals surface area contributed by atoms with E-state index in [2.05, 4.69) is 5.32 Å². The molecule has 4 N–H and O–H groups in total. The second-order valence-electron chi connectivity index (χ2n) is 4.47. The van der Waals surface area contributed by atoms with Gasteiger partial charge >= 0.3 is 12.1 Å². The molecule has 0 aliphatic heterocycles. The van der Waals surface area contributed by atoms with Crippen molar-refractivity contribution < 1.29 is 29.6 Å². The van der Waals surface area contributed by atoms with E-state index < -0.39 is 30.8 Å². The topological polar surface area (TPSA) is 116 Å². The van der Waals surface area contributed by atoms with Gasteiger partial charge < -0.3 is 25.4 Å². The van der Waals surface area contributed by atoms with Gasteiger partial charge in [0.2, 0.25) is 0 Å². The molecule has 1 rings (SSSR count). The number of aliphatic hydroxyl groups is 2. The zero-order chi connectivity index (χ0) is 16.4. The van der Waals surface area contributed by atoms with E-state index in [1.54, 1.807) is 24.3 Å². The number of rotatable bonds is 9. The molecular formula is C14H19NO6S. The summed E-state index contributed by atoms with van der Waals surface area (Å²) in [6, 6.07) is 7.89. The fourth-order valence-electron chi connectivity index (χ4n) is 1.46. The highest BCUT2D eigenvalue weighted by Crippen LogP contribution is 2.07. The second-order valence-corrected chi connectivity index (χ2v) is 5.55. The predicted molar refractivity (Wildman–Crippen MR) is 81.6 cm³/mol. The SMILES string of the molecule is O=C(NC(CSC[C@@H](O)CO)C(=O)O)OCc1ccccc1. The first-order valence-corrected chi connectivity index (χ1v) is 7.75. The first-order chi connectivity index (χ1) is 10.5. The first-order valence-electron chi connectivity index (χ1n) is 6.59. The van der Waals surface area contributed by atoms with Crippen molar-refractivity contribution in [3.63, 3.8) is 0 Å². The average molecular weight is 329 g/mol. The fraction of sp³-hybridized carbons (Fsp3) is 0.429. The number of hydrogen-bond acceptors (Lipinski definition) is 6. The van der Waals surface area contributed by atoms with Crippen molar-refractivity contribution in [3.05, 3.63) is 35.9 Å². The third-order valence-electron chi connectivity index (χ3n) is 2.61. The Morgan fingerprint density at radius 1 is 1.23 bits per heavy atom. The van der Waals surface area contributed by atoms with E-state index in [1.165, 1.54) is 0 Å². The molecule has 7 nitrogen and oxygen atoms in total. The molecule has 0 heterocycles. The maximum absolute atomic E-state index is 11.6. The van der Waals surface area contributed by atoms with E-state index in [1.807, 2.05) is 6.07 Å². The molecule has 22 heavy (non-hydrogen) atoms. The van der Waals surface area contributed by atoms with Crippen LogP contribution >= 0.6 is 11.8 Å². The number of aliphatic carboxylic acids is 1. The van der Waals surface area contributed by atoms with Gasteiger partial charge in [-0.05, 0) is 5.56 Å². The van der Waals surface area contributed by atoms with Crippen LogP contribution in [0.2, 0.25) is 0 Å². The maximum Gasteiger partial charge on any atom is 0.408 e. The monoisotopic (exact) mass is 329 g/mol. The summed E-state index contributed by atoms with van der Waals surface area (Å²) in [6.07, 6.45) is -1.73. The van der Waals surface area contributed by atoms with E-state index in [0.29, 0.717) is 0 Å². The van der Waals surface area contributed by atoms with Crippen molar-refractivity contribution in [2.45, 2.75) is 18.8 Å². The van der Waals surface area contributed by atoms with Crippen LogP contribution in [0.25, 0.3) is 0 Å². The third-order valence-corrected chi connectivity index (χ3v) is 3.80. The summed E-state index contributed by atoms with van der Waals surface area (Å²) in [5.74, 6) is -0.948. The van der Waals surface area contributed by atoms with Gasteiger partial charge in [-0.3, -0.25) is 0 Å². The van der Waals surface area contributed by atoms with Crippen LogP contribution < -0.4 is 5.32 Å². The van der Waals surface area contributed by atoms with Crippen LogP contribution in [0.15, 0.2) is 30.3 Å². The van der Waals surface area contributed by atoms with Gasteiger partial charge in [-0.15, -0.1) is 0 Å². The number of carboxylic acids is 1. The number of hydrogen-bond donors (Lipinski definition) is 4. The lowest BCUT2D eigenvalue weighted by Crippen LogP contribution is -2.43. The number of carbonyl (C=O) groups is 2. The highest BCUT2D eigenvalue weighted by molar-refractivity contribution is 7.99. The van der Waals surface area contributed by atoms with Crippen molar-refractivity contribution in [2.24, 2.45) is 0 Å². The van der Waals surface area contributed by atoms with Crippen LogP contribution in [0.4, 0.5) is 4.79 Å². The van der Waals surface area contributed by atoms with Crippen LogP contribution in [-0.2, 0) is 16.1 Å². The summed E-state index contributed by atoms with van der Waals surface area (Å²) in [5, 5.41) is 29.1. The Kier molecular flexibility index (Phi) is 8.34. The molecule has 0 saturated carbocycles. The first kappa shape index (κ1) is 18.3. The summed E-state index contributed by atoms with van der Waals surface area (Å²) in [7, 11) is 0. The Labute approximate surface area is 132 Å². The molecule has 0 aromatic heterocycles. The van der Waals surface area contributed by atoms with Gasteiger partial charge in [-0.2, -0.15) is 11.8 Å². The van der Waals surface area contributed by atoms with Gasteiger partial charge in [0.15, 0.2) is 0 Å². The molecule has 0 aliphatic carbocycles. The minimum atomic E-state index is -1.19. The molecule has 0 spiro atoms. The lowest BCUT2D eigenvalue weighted by molar-refractivity contribution is -0.138. The predicted octanol–water partition coefficient (Wildman–Crippen LogP) is 0.452. The Morgan fingerprint density at radius 2 is 1.91 bits per heavy atom. The van der Waals surface area contributed by atoms with Gasteiger partial charge in [-0.25, -0.2) is 9.59 Å². The maximum atomic E-state index is 11.6. The molecular weight excluding hydrogens is 310 g/mol. The minimum Gasteiger partial charge on any atom is -0.480 e. The van der Waals surface area contributed by atoms with Crippen LogP contribution in [0.3, 0.4) is 0 Å². The molecule has 2 atom stereocenters. The molecule has 0 bridgehead atoms. The lowest BCUT2D eigenvalue weighted by atomic mass is 10.2. The summed E-state index contributed by atoms with van der Waals surface area (Å²) < 4.78 is 4.95. The highest BCUT2D eigenvalue weighted by Gasteiger charge is 2.21. The van der Waals surface area contributed by atoms with Gasteiger partial charge in [-0.1, -0.05) is 30.3 Å². The molecule has 1 aromatic carbocycles. The van der Waals surface area contributed by atoms with Crippen molar-refractivity contribution in [2.75, 3.05) is 18.1 Å². The van der Waals surface area contributed by atoms with Crippen LogP contribution in [0.1, 0.15) is 5.56 Å². The Morgan fingerprint density at radius 3 is 2.50 bits per heavy atom. The highest BCUT2D eigenvalue weighted by atomic mass is 32.2. The van der Waals surface area contributed by atoms with Crippen LogP contribution in [-0.4, -0.2) is 57.6 Å². The molecule has 122 valence electrons. The number of alkyl carbamates (subject to hydrolysis) is 1. The zero-order valence-electron chi connectivity index (χ0n) is 11.8. The molecule has 1 unspecified atom stereocenters. The summed E-state index contributed by atoms with van der Waals surface area (Å²) in [5.41, 5.74) is 0.796. The van der Waals surface area contributed by atoms with E-state index in [-0.39, 0.29) is 18.1 Å². The van der Waals surface area contributed by atoms with Gasteiger partial charge in [0.05, 0.1) is 12.7 Å².